The first-order valence-electron chi connectivity index (χ1n) is 6.00. The van der Waals surface area contributed by atoms with Crippen molar-refractivity contribution in [2.24, 2.45) is 0 Å². The molecule has 1 amide bonds. The van der Waals surface area contributed by atoms with Crippen molar-refractivity contribution in [2.75, 3.05) is 5.32 Å². The van der Waals surface area contributed by atoms with Gasteiger partial charge >= 0.3 is 0 Å². The van der Waals surface area contributed by atoms with E-state index in [1.807, 2.05) is 25.1 Å². The lowest BCUT2D eigenvalue weighted by atomic mass is 10.2. The zero-order valence-corrected chi connectivity index (χ0v) is 13.1. The number of benzene rings is 1. The minimum Gasteiger partial charge on any atom is -0.321 e. The molecule has 0 unspecified atom stereocenters. The lowest BCUT2D eigenvalue weighted by Crippen LogP contribution is -2.12. The van der Waals surface area contributed by atoms with E-state index < -0.39 is 0 Å². The highest BCUT2D eigenvalue weighted by molar-refractivity contribution is 9.10. The highest BCUT2D eigenvalue weighted by atomic mass is 79.9. The molecule has 1 aromatic heterocycles. The van der Waals surface area contributed by atoms with Crippen LogP contribution in [0.2, 0.25) is 0 Å². The Balaban J connectivity index is 2.16. The van der Waals surface area contributed by atoms with Crippen molar-refractivity contribution in [3.63, 3.8) is 0 Å². The summed E-state index contributed by atoms with van der Waals surface area (Å²) in [6, 6.07) is 5.71. The molecule has 0 atom stereocenters. The molecule has 1 N–H and O–H groups in total. The van der Waals surface area contributed by atoms with Crippen LogP contribution >= 0.6 is 27.5 Å². The van der Waals surface area contributed by atoms with Gasteiger partial charge in [-0.3, -0.25) is 4.79 Å². The van der Waals surface area contributed by atoms with Crippen molar-refractivity contribution in [2.45, 2.75) is 26.7 Å². The molecule has 1 heterocycles. The molecular weight excluding hydrogens is 326 g/mol. The normalized spacial score (nSPS) is 10.5. The van der Waals surface area contributed by atoms with Gasteiger partial charge in [-0.2, -0.15) is 0 Å². The van der Waals surface area contributed by atoms with E-state index in [4.69, 9.17) is 0 Å². The Morgan fingerprint density at radius 2 is 2.26 bits per heavy atom. The van der Waals surface area contributed by atoms with E-state index in [2.05, 4.69) is 37.8 Å². The molecule has 0 bridgehead atoms. The average Bonchev–Trinajstić information content (AvgIpc) is 2.83. The summed E-state index contributed by atoms with van der Waals surface area (Å²) in [5.74, 6) is -0.139. The molecule has 2 rings (SSSR count). The van der Waals surface area contributed by atoms with Gasteiger partial charge in [0.15, 0.2) is 0 Å². The second-order valence-corrected chi connectivity index (χ2v) is 5.83. The van der Waals surface area contributed by atoms with Gasteiger partial charge in [-0.05, 0) is 48.6 Å². The molecule has 1 aromatic carbocycles. The summed E-state index contributed by atoms with van der Waals surface area (Å²) in [5, 5.41) is 6.88. The first-order valence-corrected chi connectivity index (χ1v) is 7.57. The Hall–Kier alpha value is -1.27. The number of aromatic nitrogens is 2. The number of amides is 1. The number of aryl methyl sites for hydroxylation is 2. The standard InChI is InChI=1S/C13H14BrN3OS/c1-3-4-11-12(19-17-16-11)13(18)15-9-5-6-10(14)8(2)7-9/h5-7H,3-4H2,1-2H3,(H,15,18). The van der Waals surface area contributed by atoms with Crippen LogP contribution in [-0.2, 0) is 6.42 Å². The number of hydrogen-bond donors (Lipinski definition) is 1. The predicted octanol–water partition coefficient (Wildman–Crippen LogP) is 3.81. The van der Waals surface area contributed by atoms with E-state index in [1.54, 1.807) is 0 Å². The highest BCUT2D eigenvalue weighted by Crippen LogP contribution is 2.21. The van der Waals surface area contributed by atoms with Gasteiger partial charge in [0.25, 0.3) is 5.91 Å². The Morgan fingerprint density at radius 1 is 1.47 bits per heavy atom. The van der Waals surface area contributed by atoms with E-state index in [1.165, 1.54) is 0 Å². The Bertz CT molecular complexity index is 597. The number of carbonyl (C=O) groups is 1. The van der Waals surface area contributed by atoms with Crippen LogP contribution in [0.5, 0.6) is 0 Å². The molecule has 0 radical (unpaired) electrons. The van der Waals surface area contributed by atoms with E-state index in [9.17, 15) is 4.79 Å². The maximum Gasteiger partial charge on any atom is 0.269 e. The Labute approximate surface area is 124 Å². The largest absolute Gasteiger partial charge is 0.321 e. The summed E-state index contributed by atoms with van der Waals surface area (Å²) < 4.78 is 4.88. The number of halogens is 1. The van der Waals surface area contributed by atoms with Crippen LogP contribution in [0.3, 0.4) is 0 Å². The molecule has 0 spiro atoms. The summed E-state index contributed by atoms with van der Waals surface area (Å²) >= 11 is 4.58. The van der Waals surface area contributed by atoms with Crippen LogP contribution in [0.4, 0.5) is 5.69 Å². The van der Waals surface area contributed by atoms with Crippen molar-refractivity contribution < 1.29 is 4.79 Å². The number of nitrogens with zero attached hydrogens (tertiary/aromatic N) is 2. The molecule has 100 valence electrons. The van der Waals surface area contributed by atoms with Gasteiger partial charge in [-0.15, -0.1) is 5.10 Å². The van der Waals surface area contributed by atoms with Gasteiger partial charge in [-0.25, -0.2) is 0 Å². The second kappa shape index (κ2) is 6.25. The minimum atomic E-state index is -0.139. The predicted molar refractivity (Wildman–Crippen MR) is 80.7 cm³/mol. The van der Waals surface area contributed by atoms with E-state index in [-0.39, 0.29) is 5.91 Å². The molecule has 0 saturated heterocycles. The third-order valence-electron chi connectivity index (χ3n) is 2.66. The summed E-state index contributed by atoms with van der Waals surface area (Å²) in [6.45, 7) is 4.04. The fraction of sp³-hybridized carbons (Fsp3) is 0.308. The van der Waals surface area contributed by atoms with Crippen molar-refractivity contribution in [3.8, 4) is 0 Å². The number of nitrogens with one attached hydrogen (secondary N) is 1. The SMILES string of the molecule is CCCc1nnsc1C(=O)Nc1ccc(Br)c(C)c1. The van der Waals surface area contributed by atoms with Crippen molar-refractivity contribution in [1.29, 1.82) is 0 Å². The number of anilines is 1. The van der Waals surface area contributed by atoms with Crippen LogP contribution in [0.1, 0.15) is 34.3 Å². The third-order valence-corrected chi connectivity index (χ3v) is 4.32. The van der Waals surface area contributed by atoms with Gasteiger partial charge in [0, 0.05) is 10.2 Å². The summed E-state index contributed by atoms with van der Waals surface area (Å²) in [6.07, 6.45) is 1.72. The molecule has 4 nitrogen and oxygen atoms in total. The van der Waals surface area contributed by atoms with Gasteiger partial charge in [0.2, 0.25) is 0 Å². The Morgan fingerprint density at radius 3 is 2.95 bits per heavy atom. The number of rotatable bonds is 4. The average molecular weight is 340 g/mol. The van der Waals surface area contributed by atoms with Gasteiger partial charge < -0.3 is 5.32 Å². The maximum absolute atomic E-state index is 12.2. The molecule has 0 aliphatic heterocycles. The lowest BCUT2D eigenvalue weighted by molar-refractivity contribution is 0.102. The number of hydrogen-bond acceptors (Lipinski definition) is 4. The summed E-state index contributed by atoms with van der Waals surface area (Å²) in [7, 11) is 0. The smallest absolute Gasteiger partial charge is 0.269 e. The quantitative estimate of drug-likeness (QED) is 0.921. The first kappa shape index (κ1) is 14.1. The second-order valence-electron chi connectivity index (χ2n) is 4.22. The zero-order valence-electron chi connectivity index (χ0n) is 10.7. The molecule has 0 aliphatic carbocycles. The van der Waals surface area contributed by atoms with Crippen LogP contribution in [-0.4, -0.2) is 15.5 Å². The Kier molecular flexibility index (Phi) is 4.66. The molecular formula is C13H14BrN3OS. The van der Waals surface area contributed by atoms with Crippen LogP contribution in [0.15, 0.2) is 22.7 Å². The molecule has 0 saturated carbocycles. The zero-order chi connectivity index (χ0) is 13.8. The lowest BCUT2D eigenvalue weighted by Gasteiger charge is -2.06. The number of carbonyl (C=O) groups excluding carboxylic acids is 1. The molecule has 6 heteroatoms. The highest BCUT2D eigenvalue weighted by Gasteiger charge is 2.15. The minimum absolute atomic E-state index is 0.139. The third kappa shape index (κ3) is 3.39. The van der Waals surface area contributed by atoms with Crippen molar-refractivity contribution >= 4 is 39.1 Å². The molecule has 0 aliphatic rings. The fourth-order valence-corrected chi connectivity index (χ4v) is 2.54. The van der Waals surface area contributed by atoms with Crippen LogP contribution in [0, 0.1) is 6.92 Å². The monoisotopic (exact) mass is 339 g/mol. The molecule has 19 heavy (non-hydrogen) atoms. The fourth-order valence-electron chi connectivity index (χ4n) is 1.69. The van der Waals surface area contributed by atoms with Crippen LogP contribution < -0.4 is 5.32 Å². The summed E-state index contributed by atoms with van der Waals surface area (Å²) in [5.41, 5.74) is 2.63. The molecule has 0 fully saturated rings. The first-order chi connectivity index (χ1) is 9.11. The molecule has 2 aromatic rings. The van der Waals surface area contributed by atoms with Crippen molar-refractivity contribution in [1.82, 2.24) is 9.59 Å². The van der Waals surface area contributed by atoms with E-state index in [0.29, 0.717) is 4.88 Å². The van der Waals surface area contributed by atoms with Crippen molar-refractivity contribution in [3.05, 3.63) is 38.8 Å². The van der Waals surface area contributed by atoms with Gasteiger partial charge in [0.05, 0.1) is 5.69 Å². The van der Waals surface area contributed by atoms with Gasteiger partial charge in [-0.1, -0.05) is 33.8 Å². The van der Waals surface area contributed by atoms with Gasteiger partial charge in [0.1, 0.15) is 4.88 Å². The topological polar surface area (TPSA) is 54.9 Å². The maximum atomic E-state index is 12.2. The van der Waals surface area contributed by atoms with E-state index in [0.717, 1.165) is 45.8 Å². The van der Waals surface area contributed by atoms with E-state index >= 15 is 0 Å². The van der Waals surface area contributed by atoms with Crippen LogP contribution in [0.25, 0.3) is 0 Å². The summed E-state index contributed by atoms with van der Waals surface area (Å²) in [4.78, 5) is 12.8.